The van der Waals surface area contributed by atoms with Crippen LogP contribution >= 0.6 is 0 Å². The molecule has 2 nitrogen and oxygen atoms in total. The Morgan fingerprint density at radius 3 is 2.62 bits per heavy atom. The smallest absolute Gasteiger partial charge is 0.123 e. The molecule has 0 radical (unpaired) electrons. The number of rotatable bonds is 4. The van der Waals surface area contributed by atoms with E-state index in [0.717, 1.165) is 31.2 Å². The monoisotopic (exact) mass is 288 g/mol. The van der Waals surface area contributed by atoms with Crippen LogP contribution in [0, 0.1) is 5.92 Å². The zero-order valence-corrected chi connectivity index (χ0v) is 13.1. The predicted molar refractivity (Wildman–Crippen MR) is 87.8 cm³/mol. The maximum Gasteiger partial charge on any atom is 0.123 e. The van der Waals surface area contributed by atoms with Crippen molar-refractivity contribution in [2.75, 3.05) is 0 Å². The number of allylic oxidation sites excluding steroid dienone is 3. The van der Waals surface area contributed by atoms with Gasteiger partial charge in [0, 0.05) is 11.5 Å². The van der Waals surface area contributed by atoms with E-state index in [1.165, 1.54) is 5.57 Å². The van der Waals surface area contributed by atoms with Crippen molar-refractivity contribution in [1.82, 2.24) is 0 Å². The molecule has 0 aromatic heterocycles. The van der Waals surface area contributed by atoms with E-state index >= 15 is 0 Å². The topological polar surface area (TPSA) is 40.5 Å². The number of aryl methyl sites for hydroxylation is 1. The summed E-state index contributed by atoms with van der Waals surface area (Å²) >= 11 is 0. The van der Waals surface area contributed by atoms with Crippen LogP contribution < -0.4 is 0 Å². The van der Waals surface area contributed by atoms with Crippen molar-refractivity contribution in [2.24, 2.45) is 5.92 Å². The van der Waals surface area contributed by atoms with Crippen LogP contribution in [0.2, 0.25) is 0 Å². The Morgan fingerprint density at radius 2 is 2.05 bits per heavy atom. The van der Waals surface area contributed by atoms with Gasteiger partial charge in [0.05, 0.1) is 2.74 Å². The molecule has 21 heavy (non-hydrogen) atoms. The van der Waals surface area contributed by atoms with Crippen LogP contribution in [0.4, 0.5) is 0 Å². The first-order chi connectivity index (χ1) is 10.8. The third kappa shape index (κ3) is 3.31. The zero-order chi connectivity index (χ0) is 17.1. The summed E-state index contributed by atoms with van der Waals surface area (Å²) < 4.78 is 15.2. The second-order valence-corrected chi connectivity index (χ2v) is 6.16. The normalized spacial score (nSPS) is 23.1. The summed E-state index contributed by atoms with van der Waals surface area (Å²) in [6, 6.07) is 3.46. The lowest BCUT2D eigenvalue weighted by molar-refractivity contribution is 0.406. The largest absolute Gasteiger partial charge is 0.507 e. The fourth-order valence-corrected chi connectivity index (χ4v) is 3.29. The highest BCUT2D eigenvalue weighted by molar-refractivity contribution is 5.51. The average molecular weight is 288 g/mol. The third-order valence-electron chi connectivity index (χ3n) is 4.37. The Labute approximate surface area is 130 Å². The summed E-state index contributed by atoms with van der Waals surface area (Å²) in [5, 5.41) is 21.0. The molecular formula is C19H26O2. The highest BCUT2D eigenvalue weighted by Gasteiger charge is 2.29. The second kappa shape index (κ2) is 6.38. The van der Waals surface area contributed by atoms with Crippen LogP contribution in [0.25, 0.3) is 0 Å². The van der Waals surface area contributed by atoms with Gasteiger partial charge in [-0.25, -0.2) is 0 Å². The molecule has 0 aliphatic heterocycles. The quantitative estimate of drug-likeness (QED) is 0.760. The summed E-state index contributed by atoms with van der Waals surface area (Å²) in [7, 11) is 0. The molecule has 1 aromatic rings. The minimum absolute atomic E-state index is 0.0301. The van der Waals surface area contributed by atoms with E-state index in [2.05, 4.69) is 13.0 Å². The van der Waals surface area contributed by atoms with Gasteiger partial charge in [0.1, 0.15) is 11.5 Å². The van der Waals surface area contributed by atoms with Crippen LogP contribution in [0.1, 0.15) is 59.8 Å². The van der Waals surface area contributed by atoms with Gasteiger partial charge in [0.25, 0.3) is 0 Å². The van der Waals surface area contributed by atoms with Crippen molar-refractivity contribution in [3.63, 3.8) is 0 Å². The Hall–Kier alpha value is -1.70. The number of hydrogen-bond donors (Lipinski definition) is 2. The molecule has 0 saturated carbocycles. The number of hydrogen-bond acceptors (Lipinski definition) is 2. The van der Waals surface area contributed by atoms with E-state index in [-0.39, 0.29) is 29.9 Å². The lowest BCUT2D eigenvalue weighted by Gasteiger charge is -2.31. The molecule has 0 unspecified atom stereocenters. The van der Waals surface area contributed by atoms with E-state index < -0.39 is 0 Å². The van der Waals surface area contributed by atoms with Crippen molar-refractivity contribution in [1.29, 1.82) is 0 Å². The molecule has 0 saturated heterocycles. The molecule has 2 heteroatoms. The molecule has 1 aliphatic rings. The first kappa shape index (κ1) is 13.0. The van der Waals surface area contributed by atoms with Gasteiger partial charge in [0.2, 0.25) is 0 Å². The van der Waals surface area contributed by atoms with Gasteiger partial charge in [-0.1, -0.05) is 37.1 Å². The van der Waals surface area contributed by atoms with Crippen LogP contribution in [0.3, 0.4) is 0 Å². The van der Waals surface area contributed by atoms with E-state index in [9.17, 15) is 10.2 Å². The molecule has 0 spiro atoms. The SMILES string of the molecule is [2H]C([2H])=C(C)[C@@H]1CCC(C)=C[C@H]1c1c(O)cc(CCC)cc1O. The summed E-state index contributed by atoms with van der Waals surface area (Å²) in [6.45, 7) is 5.74. The molecule has 0 bridgehead atoms. The maximum atomic E-state index is 10.5. The molecule has 1 aliphatic carbocycles. The molecule has 1 aromatic carbocycles. The molecule has 2 rings (SSSR count). The third-order valence-corrected chi connectivity index (χ3v) is 4.37. The highest BCUT2D eigenvalue weighted by atomic mass is 16.3. The minimum Gasteiger partial charge on any atom is -0.507 e. The van der Waals surface area contributed by atoms with E-state index in [0.29, 0.717) is 11.1 Å². The number of aromatic hydroxyl groups is 2. The first-order valence-corrected chi connectivity index (χ1v) is 7.71. The number of benzene rings is 1. The van der Waals surface area contributed by atoms with Gasteiger partial charge in [-0.2, -0.15) is 0 Å². The van der Waals surface area contributed by atoms with E-state index in [1.807, 2.05) is 6.92 Å². The molecule has 0 amide bonds. The fraction of sp³-hybridized carbons (Fsp3) is 0.474. The molecular weight excluding hydrogens is 260 g/mol. The Bertz CT molecular complexity index is 620. The van der Waals surface area contributed by atoms with Gasteiger partial charge in [-0.15, -0.1) is 0 Å². The van der Waals surface area contributed by atoms with Crippen LogP contribution in [0.15, 0.2) is 35.9 Å². The number of phenolic OH excluding ortho intramolecular Hbond substituents is 2. The van der Waals surface area contributed by atoms with Gasteiger partial charge >= 0.3 is 0 Å². The van der Waals surface area contributed by atoms with Gasteiger partial charge in [-0.05, 0) is 56.7 Å². The van der Waals surface area contributed by atoms with Crippen LogP contribution in [-0.2, 0) is 6.42 Å². The summed E-state index contributed by atoms with van der Waals surface area (Å²) in [6.07, 6.45) is 5.57. The molecule has 2 N–H and O–H groups in total. The van der Waals surface area contributed by atoms with Crippen molar-refractivity contribution in [3.05, 3.63) is 47.0 Å². The Kier molecular flexibility index (Phi) is 3.95. The lowest BCUT2D eigenvalue weighted by atomic mass is 9.73. The van der Waals surface area contributed by atoms with Gasteiger partial charge in [-0.3, -0.25) is 0 Å². The molecule has 114 valence electrons. The molecule has 0 heterocycles. The molecule has 2 atom stereocenters. The van der Waals surface area contributed by atoms with Gasteiger partial charge in [0.15, 0.2) is 0 Å². The minimum atomic E-state index is -0.190. The Morgan fingerprint density at radius 1 is 1.38 bits per heavy atom. The van der Waals surface area contributed by atoms with Crippen molar-refractivity contribution >= 4 is 0 Å². The zero-order valence-electron chi connectivity index (χ0n) is 15.1. The van der Waals surface area contributed by atoms with Crippen molar-refractivity contribution in [3.8, 4) is 11.5 Å². The van der Waals surface area contributed by atoms with Crippen LogP contribution in [0.5, 0.6) is 11.5 Å². The average Bonchev–Trinajstić information content (AvgIpc) is 2.46. The van der Waals surface area contributed by atoms with Crippen molar-refractivity contribution in [2.45, 2.75) is 52.4 Å². The predicted octanol–water partition coefficient (Wildman–Crippen LogP) is 5.07. The fourth-order valence-electron chi connectivity index (χ4n) is 3.29. The summed E-state index contributed by atoms with van der Waals surface area (Å²) in [5.41, 5.74) is 3.37. The van der Waals surface area contributed by atoms with Crippen LogP contribution in [-0.4, -0.2) is 10.2 Å². The summed E-state index contributed by atoms with van der Waals surface area (Å²) in [5.74, 6) is 0.0000686. The Balaban J connectivity index is 2.52. The first-order valence-electron chi connectivity index (χ1n) is 8.71. The van der Waals surface area contributed by atoms with E-state index in [4.69, 9.17) is 2.74 Å². The number of phenols is 2. The van der Waals surface area contributed by atoms with Crippen molar-refractivity contribution < 1.29 is 13.0 Å². The summed E-state index contributed by atoms with van der Waals surface area (Å²) in [4.78, 5) is 0. The second-order valence-electron chi connectivity index (χ2n) is 6.16. The molecule has 0 fully saturated rings. The highest BCUT2D eigenvalue weighted by Crippen LogP contribution is 2.46. The standard InChI is InChI=1S/C19H26O2/c1-5-6-14-10-17(20)19(18(21)11-14)16-9-13(4)7-8-15(16)12(2)3/h9-11,15-16,20-21H,2,5-8H2,1,3-4H3/t15-,16+/m0/s1/i2D2. The maximum absolute atomic E-state index is 10.5. The van der Waals surface area contributed by atoms with Gasteiger partial charge < -0.3 is 10.2 Å². The van der Waals surface area contributed by atoms with E-state index in [1.54, 1.807) is 19.1 Å². The lowest BCUT2D eigenvalue weighted by Crippen LogP contribution is -2.17.